The zero-order chi connectivity index (χ0) is 12.8. The molecule has 0 bridgehead atoms. The van der Waals surface area contributed by atoms with Crippen LogP contribution in [0.5, 0.6) is 0 Å². The number of aromatic nitrogens is 1. The zero-order valence-electron chi connectivity index (χ0n) is 10.5. The van der Waals surface area contributed by atoms with E-state index in [0.29, 0.717) is 16.8 Å². The van der Waals surface area contributed by atoms with Crippen LogP contribution in [0.4, 0.5) is 11.5 Å². The van der Waals surface area contributed by atoms with Crippen molar-refractivity contribution in [3.8, 4) is 0 Å². The first-order valence-electron chi connectivity index (χ1n) is 6.46. The van der Waals surface area contributed by atoms with Crippen LogP contribution in [0.2, 0.25) is 0 Å². The molecule has 0 aromatic carbocycles. The smallest absolute Gasteiger partial charge is 0.277 e. The van der Waals surface area contributed by atoms with E-state index in [-0.39, 0.29) is 10.6 Å². The highest BCUT2D eigenvalue weighted by atomic mass is 16.6. The largest absolute Gasteiger partial charge is 0.369 e. The van der Waals surface area contributed by atoms with Gasteiger partial charge in [0, 0.05) is 18.3 Å². The molecule has 0 amide bonds. The van der Waals surface area contributed by atoms with Gasteiger partial charge >= 0.3 is 0 Å². The van der Waals surface area contributed by atoms with Gasteiger partial charge in [-0.3, -0.25) is 10.1 Å². The second kappa shape index (κ2) is 3.93. The van der Waals surface area contributed by atoms with Crippen LogP contribution in [0.1, 0.15) is 31.2 Å². The summed E-state index contributed by atoms with van der Waals surface area (Å²) < 4.78 is 0. The number of nitrogens with one attached hydrogen (secondary N) is 1. The lowest BCUT2D eigenvalue weighted by Gasteiger charge is -2.15. The summed E-state index contributed by atoms with van der Waals surface area (Å²) in [5.74, 6) is 1.50. The molecule has 0 spiro atoms. The SMILES string of the molecule is Cc1cnc(NCC2(C3CC3)CC2)cc1[N+](=O)[O-]. The third-order valence-electron chi connectivity index (χ3n) is 4.23. The van der Waals surface area contributed by atoms with E-state index in [2.05, 4.69) is 10.3 Å². The van der Waals surface area contributed by atoms with Crippen LogP contribution in [0.25, 0.3) is 0 Å². The fraction of sp³-hybridized carbons (Fsp3) is 0.615. The number of hydrogen-bond acceptors (Lipinski definition) is 4. The number of hydrogen-bond donors (Lipinski definition) is 1. The summed E-state index contributed by atoms with van der Waals surface area (Å²) in [7, 11) is 0. The number of nitro groups is 1. The molecular formula is C13H17N3O2. The van der Waals surface area contributed by atoms with Crippen LogP contribution in [-0.4, -0.2) is 16.5 Å². The summed E-state index contributed by atoms with van der Waals surface area (Å²) in [5.41, 5.74) is 1.22. The molecule has 1 N–H and O–H groups in total. The van der Waals surface area contributed by atoms with Crippen molar-refractivity contribution in [2.45, 2.75) is 32.6 Å². The number of nitrogens with zero attached hydrogens (tertiary/aromatic N) is 2. The minimum atomic E-state index is -0.351. The van der Waals surface area contributed by atoms with E-state index in [4.69, 9.17) is 0 Å². The number of aryl methyl sites for hydroxylation is 1. The summed E-state index contributed by atoms with van der Waals surface area (Å²) in [4.78, 5) is 14.7. The van der Waals surface area contributed by atoms with Crippen molar-refractivity contribution in [3.05, 3.63) is 27.9 Å². The van der Waals surface area contributed by atoms with Crippen LogP contribution < -0.4 is 5.32 Å². The van der Waals surface area contributed by atoms with Crippen LogP contribution in [0.15, 0.2) is 12.3 Å². The Morgan fingerprint density at radius 2 is 2.28 bits per heavy atom. The van der Waals surface area contributed by atoms with Crippen LogP contribution in [0.3, 0.4) is 0 Å². The third kappa shape index (κ3) is 2.05. The van der Waals surface area contributed by atoms with E-state index in [1.54, 1.807) is 13.1 Å². The molecule has 0 radical (unpaired) electrons. The van der Waals surface area contributed by atoms with Crippen molar-refractivity contribution in [2.75, 3.05) is 11.9 Å². The first kappa shape index (κ1) is 11.4. The van der Waals surface area contributed by atoms with Gasteiger partial charge in [0.25, 0.3) is 5.69 Å². The molecule has 18 heavy (non-hydrogen) atoms. The Morgan fingerprint density at radius 1 is 1.56 bits per heavy atom. The fourth-order valence-electron chi connectivity index (χ4n) is 2.66. The quantitative estimate of drug-likeness (QED) is 0.641. The minimum absolute atomic E-state index is 0.142. The van der Waals surface area contributed by atoms with Crippen LogP contribution >= 0.6 is 0 Å². The Kier molecular flexibility index (Phi) is 2.50. The summed E-state index contributed by atoms with van der Waals surface area (Å²) in [6.45, 7) is 2.62. The molecular weight excluding hydrogens is 230 g/mol. The average molecular weight is 247 g/mol. The molecule has 2 fully saturated rings. The Morgan fingerprint density at radius 3 is 2.83 bits per heavy atom. The van der Waals surface area contributed by atoms with Crippen LogP contribution in [-0.2, 0) is 0 Å². The predicted octanol–water partition coefficient (Wildman–Crippen LogP) is 2.90. The lowest BCUT2D eigenvalue weighted by Crippen LogP contribution is -2.18. The van der Waals surface area contributed by atoms with Crippen molar-refractivity contribution in [3.63, 3.8) is 0 Å². The Balaban J connectivity index is 1.69. The average Bonchev–Trinajstić information content (AvgIpc) is 3.20. The molecule has 2 saturated carbocycles. The number of anilines is 1. The van der Waals surface area contributed by atoms with E-state index < -0.39 is 0 Å². The van der Waals surface area contributed by atoms with Gasteiger partial charge < -0.3 is 5.32 Å². The predicted molar refractivity (Wildman–Crippen MR) is 68.5 cm³/mol. The van der Waals surface area contributed by atoms with Gasteiger partial charge in [0.1, 0.15) is 5.82 Å². The first-order chi connectivity index (χ1) is 8.61. The Labute approximate surface area is 106 Å². The molecule has 5 heteroatoms. The van der Waals surface area contributed by atoms with Crippen molar-refractivity contribution < 1.29 is 4.92 Å². The molecule has 1 aromatic heterocycles. The van der Waals surface area contributed by atoms with Gasteiger partial charge in [0.05, 0.1) is 11.0 Å². The monoisotopic (exact) mass is 247 g/mol. The molecule has 0 unspecified atom stereocenters. The normalized spacial score (nSPS) is 20.5. The van der Waals surface area contributed by atoms with Crippen LogP contribution in [0, 0.1) is 28.4 Å². The summed E-state index contributed by atoms with van der Waals surface area (Å²) in [6.07, 6.45) is 6.85. The van der Waals surface area contributed by atoms with Gasteiger partial charge in [-0.15, -0.1) is 0 Å². The summed E-state index contributed by atoms with van der Waals surface area (Å²) in [6, 6.07) is 1.54. The highest BCUT2D eigenvalue weighted by Gasteiger charge is 2.53. The maximum Gasteiger partial charge on any atom is 0.277 e. The highest BCUT2D eigenvalue weighted by Crippen LogP contribution is 2.61. The van der Waals surface area contributed by atoms with Gasteiger partial charge in [-0.25, -0.2) is 4.98 Å². The van der Waals surface area contributed by atoms with Gasteiger partial charge in [0.15, 0.2) is 0 Å². The topological polar surface area (TPSA) is 68.1 Å². The highest BCUT2D eigenvalue weighted by molar-refractivity contribution is 5.49. The van der Waals surface area contributed by atoms with Gasteiger partial charge in [-0.1, -0.05) is 0 Å². The first-order valence-corrected chi connectivity index (χ1v) is 6.46. The standard InChI is InChI=1S/C13H17N3O2/c1-9-7-14-12(6-11(9)16(17)18)15-8-13(4-5-13)10-2-3-10/h6-7,10H,2-5,8H2,1H3,(H,14,15). The molecule has 0 atom stereocenters. The molecule has 3 rings (SSSR count). The van der Waals surface area contributed by atoms with E-state index in [9.17, 15) is 10.1 Å². The maximum atomic E-state index is 10.9. The molecule has 2 aliphatic carbocycles. The molecule has 0 saturated heterocycles. The van der Waals surface area contributed by atoms with Crippen molar-refractivity contribution in [2.24, 2.45) is 11.3 Å². The lowest BCUT2D eigenvalue weighted by atomic mass is 10.0. The summed E-state index contributed by atoms with van der Waals surface area (Å²) >= 11 is 0. The molecule has 1 aromatic rings. The summed E-state index contributed by atoms with van der Waals surface area (Å²) in [5, 5.41) is 14.1. The minimum Gasteiger partial charge on any atom is -0.369 e. The maximum absolute atomic E-state index is 10.9. The third-order valence-corrected chi connectivity index (χ3v) is 4.23. The van der Waals surface area contributed by atoms with E-state index in [1.165, 1.54) is 31.7 Å². The Hall–Kier alpha value is -1.65. The lowest BCUT2D eigenvalue weighted by molar-refractivity contribution is -0.385. The van der Waals surface area contributed by atoms with E-state index >= 15 is 0 Å². The number of rotatable bonds is 5. The zero-order valence-corrected chi connectivity index (χ0v) is 10.5. The fourth-order valence-corrected chi connectivity index (χ4v) is 2.66. The molecule has 5 nitrogen and oxygen atoms in total. The molecule has 96 valence electrons. The van der Waals surface area contributed by atoms with E-state index in [0.717, 1.165) is 12.5 Å². The van der Waals surface area contributed by atoms with Crippen molar-refractivity contribution in [1.29, 1.82) is 0 Å². The van der Waals surface area contributed by atoms with Gasteiger partial charge in [-0.05, 0) is 43.9 Å². The molecule has 0 aliphatic heterocycles. The van der Waals surface area contributed by atoms with Crippen molar-refractivity contribution in [1.82, 2.24) is 4.98 Å². The van der Waals surface area contributed by atoms with Gasteiger partial charge in [-0.2, -0.15) is 0 Å². The Bertz CT molecular complexity index is 493. The van der Waals surface area contributed by atoms with Gasteiger partial charge in [0.2, 0.25) is 0 Å². The van der Waals surface area contributed by atoms with Crippen molar-refractivity contribution >= 4 is 11.5 Å². The second-order valence-corrected chi connectivity index (χ2v) is 5.60. The second-order valence-electron chi connectivity index (χ2n) is 5.60. The van der Waals surface area contributed by atoms with E-state index in [1.807, 2.05) is 0 Å². The molecule has 2 aliphatic rings. The number of pyridine rings is 1. The molecule has 1 heterocycles.